The fourth-order valence-electron chi connectivity index (χ4n) is 2.01. The minimum Gasteiger partial charge on any atom is -0.385 e. The molecular weight excluding hydrogens is 254 g/mol. The van der Waals surface area contributed by atoms with E-state index < -0.39 is 25.0 Å². The number of carbonyl (C=O) groups excluding carboxylic acids is 1. The van der Waals surface area contributed by atoms with E-state index >= 15 is 0 Å². The highest BCUT2D eigenvalue weighted by Crippen LogP contribution is 2.15. The molecule has 0 aromatic heterocycles. The Morgan fingerprint density at radius 2 is 2.21 bits per heavy atom. The number of aliphatic hydroxyl groups is 1. The zero-order valence-corrected chi connectivity index (χ0v) is 10.3. The molecule has 1 aliphatic heterocycles. The summed E-state index contributed by atoms with van der Waals surface area (Å²) in [5, 5.41) is 14.4. The first-order chi connectivity index (χ1) is 9.08. The minimum atomic E-state index is -2.85. The first kappa shape index (κ1) is 13.9. The molecular formula is C13H16F2N2O2. The predicted octanol–water partition coefficient (Wildman–Crippen LogP) is 0.688. The summed E-state index contributed by atoms with van der Waals surface area (Å²) in [6, 6.07) is 5.31. The second kappa shape index (κ2) is 6.08. The molecule has 1 heterocycles. The molecule has 0 saturated carbocycles. The van der Waals surface area contributed by atoms with Gasteiger partial charge in [0.05, 0.1) is 0 Å². The molecule has 1 atom stereocenters. The Hall–Kier alpha value is -1.53. The standard InChI is InChI=1S/C13H16F2N2O2/c14-12(15)11(18)7-17-13(19)9-2-1-8-3-4-16-6-10(8)5-9/h1-2,5,11-12,16,18H,3-4,6-7H2,(H,17,19). The van der Waals surface area contributed by atoms with Crippen LogP contribution in [0.5, 0.6) is 0 Å². The molecule has 3 N–H and O–H groups in total. The van der Waals surface area contributed by atoms with Gasteiger partial charge in [0.25, 0.3) is 12.3 Å². The summed E-state index contributed by atoms with van der Waals surface area (Å²) < 4.78 is 24.2. The van der Waals surface area contributed by atoms with Crippen LogP contribution in [0.4, 0.5) is 8.78 Å². The Balaban J connectivity index is 1.99. The van der Waals surface area contributed by atoms with E-state index in [0.717, 1.165) is 18.5 Å². The maximum absolute atomic E-state index is 12.1. The van der Waals surface area contributed by atoms with Crippen LogP contribution in [0.15, 0.2) is 18.2 Å². The highest BCUT2D eigenvalue weighted by Gasteiger charge is 2.18. The second-order valence-corrected chi connectivity index (χ2v) is 4.52. The van der Waals surface area contributed by atoms with E-state index in [4.69, 9.17) is 5.11 Å². The fraction of sp³-hybridized carbons (Fsp3) is 0.462. The number of halogens is 2. The molecule has 1 aromatic carbocycles. The highest BCUT2D eigenvalue weighted by atomic mass is 19.3. The van der Waals surface area contributed by atoms with E-state index in [0.29, 0.717) is 12.1 Å². The SMILES string of the molecule is O=C(NCC(O)C(F)F)c1ccc2c(c1)CNCC2. The van der Waals surface area contributed by atoms with Gasteiger partial charge in [0.2, 0.25) is 0 Å². The van der Waals surface area contributed by atoms with E-state index in [9.17, 15) is 13.6 Å². The largest absolute Gasteiger partial charge is 0.385 e. The van der Waals surface area contributed by atoms with Crippen LogP contribution in [0.2, 0.25) is 0 Å². The van der Waals surface area contributed by atoms with E-state index in [2.05, 4.69) is 10.6 Å². The normalized spacial score (nSPS) is 16.0. The van der Waals surface area contributed by atoms with Crippen LogP contribution in [-0.4, -0.2) is 36.6 Å². The van der Waals surface area contributed by atoms with Crippen LogP contribution in [0.25, 0.3) is 0 Å². The first-order valence-electron chi connectivity index (χ1n) is 6.15. The van der Waals surface area contributed by atoms with E-state index in [1.165, 1.54) is 5.56 Å². The molecule has 0 fully saturated rings. The van der Waals surface area contributed by atoms with Crippen molar-refractivity contribution in [3.8, 4) is 0 Å². The number of hydrogen-bond acceptors (Lipinski definition) is 3. The third kappa shape index (κ3) is 3.48. The molecule has 19 heavy (non-hydrogen) atoms. The Morgan fingerprint density at radius 1 is 1.42 bits per heavy atom. The predicted molar refractivity (Wildman–Crippen MR) is 66.2 cm³/mol. The average Bonchev–Trinajstić information content (AvgIpc) is 2.43. The summed E-state index contributed by atoms with van der Waals surface area (Å²) in [5.41, 5.74) is 2.67. The molecule has 2 rings (SSSR count). The van der Waals surface area contributed by atoms with Crippen molar-refractivity contribution in [3.63, 3.8) is 0 Å². The van der Waals surface area contributed by atoms with Crippen molar-refractivity contribution in [1.82, 2.24) is 10.6 Å². The number of carbonyl (C=O) groups is 1. The number of rotatable bonds is 4. The van der Waals surface area contributed by atoms with Gasteiger partial charge >= 0.3 is 0 Å². The van der Waals surface area contributed by atoms with Gasteiger partial charge in [0, 0.05) is 18.7 Å². The van der Waals surface area contributed by atoms with Crippen molar-refractivity contribution in [3.05, 3.63) is 34.9 Å². The molecule has 0 radical (unpaired) electrons. The van der Waals surface area contributed by atoms with Crippen LogP contribution >= 0.6 is 0 Å². The van der Waals surface area contributed by atoms with E-state index in [1.54, 1.807) is 12.1 Å². The van der Waals surface area contributed by atoms with Crippen molar-refractivity contribution < 1.29 is 18.7 Å². The third-order valence-electron chi connectivity index (χ3n) is 3.12. The van der Waals surface area contributed by atoms with Gasteiger partial charge in [-0.05, 0) is 36.2 Å². The maximum atomic E-state index is 12.1. The topological polar surface area (TPSA) is 61.4 Å². The van der Waals surface area contributed by atoms with Gasteiger partial charge in [-0.3, -0.25) is 4.79 Å². The van der Waals surface area contributed by atoms with Crippen LogP contribution < -0.4 is 10.6 Å². The Bertz CT molecular complexity index is 466. The molecule has 6 heteroatoms. The van der Waals surface area contributed by atoms with Gasteiger partial charge < -0.3 is 15.7 Å². The number of nitrogens with one attached hydrogen (secondary N) is 2. The fourth-order valence-corrected chi connectivity index (χ4v) is 2.01. The maximum Gasteiger partial charge on any atom is 0.265 e. The number of benzene rings is 1. The van der Waals surface area contributed by atoms with Crippen molar-refractivity contribution >= 4 is 5.91 Å². The summed E-state index contributed by atoms with van der Waals surface area (Å²) in [7, 11) is 0. The molecule has 4 nitrogen and oxygen atoms in total. The van der Waals surface area contributed by atoms with Crippen molar-refractivity contribution in [2.75, 3.05) is 13.1 Å². The lowest BCUT2D eigenvalue weighted by Gasteiger charge is -2.18. The summed E-state index contributed by atoms with van der Waals surface area (Å²) in [6.07, 6.45) is -3.77. The van der Waals surface area contributed by atoms with Gasteiger partial charge in [-0.15, -0.1) is 0 Å². The zero-order valence-electron chi connectivity index (χ0n) is 10.3. The molecule has 0 spiro atoms. The van der Waals surface area contributed by atoms with E-state index in [1.807, 2.05) is 6.07 Å². The molecule has 1 unspecified atom stereocenters. The number of aliphatic hydroxyl groups excluding tert-OH is 1. The van der Waals surface area contributed by atoms with Crippen LogP contribution in [-0.2, 0) is 13.0 Å². The third-order valence-corrected chi connectivity index (χ3v) is 3.12. The lowest BCUT2D eigenvalue weighted by atomic mass is 9.98. The van der Waals surface area contributed by atoms with Crippen molar-refractivity contribution in [2.24, 2.45) is 0 Å². The number of fused-ring (bicyclic) bond motifs is 1. The van der Waals surface area contributed by atoms with Gasteiger partial charge in [-0.1, -0.05) is 6.07 Å². The van der Waals surface area contributed by atoms with Crippen molar-refractivity contribution in [2.45, 2.75) is 25.5 Å². The number of hydrogen-bond donors (Lipinski definition) is 3. The smallest absolute Gasteiger partial charge is 0.265 e. The minimum absolute atomic E-state index is 0.420. The molecule has 1 aromatic rings. The molecule has 104 valence electrons. The highest BCUT2D eigenvalue weighted by molar-refractivity contribution is 5.94. The monoisotopic (exact) mass is 270 g/mol. The van der Waals surface area contributed by atoms with Crippen LogP contribution in [0.1, 0.15) is 21.5 Å². The number of alkyl halides is 2. The Morgan fingerprint density at radius 3 is 2.95 bits per heavy atom. The van der Waals surface area contributed by atoms with Crippen molar-refractivity contribution in [1.29, 1.82) is 0 Å². The van der Waals surface area contributed by atoms with Gasteiger partial charge in [0.1, 0.15) is 6.10 Å². The lowest BCUT2D eigenvalue weighted by Crippen LogP contribution is -2.36. The quantitative estimate of drug-likeness (QED) is 0.754. The number of amides is 1. The Labute approximate surface area is 109 Å². The van der Waals surface area contributed by atoms with Gasteiger partial charge in [0.15, 0.2) is 0 Å². The summed E-state index contributed by atoms with van der Waals surface area (Å²) in [4.78, 5) is 11.8. The van der Waals surface area contributed by atoms with E-state index in [-0.39, 0.29) is 0 Å². The molecule has 1 aliphatic rings. The first-order valence-corrected chi connectivity index (χ1v) is 6.15. The Kier molecular flexibility index (Phi) is 4.44. The summed E-state index contributed by atoms with van der Waals surface area (Å²) in [6.45, 7) is 1.17. The zero-order chi connectivity index (χ0) is 13.8. The summed E-state index contributed by atoms with van der Waals surface area (Å²) in [5.74, 6) is -0.451. The van der Waals surface area contributed by atoms with Crippen LogP contribution in [0.3, 0.4) is 0 Å². The molecule has 0 bridgehead atoms. The van der Waals surface area contributed by atoms with Gasteiger partial charge in [-0.2, -0.15) is 0 Å². The molecule has 0 saturated heterocycles. The second-order valence-electron chi connectivity index (χ2n) is 4.52. The lowest BCUT2D eigenvalue weighted by molar-refractivity contribution is -0.00270. The average molecular weight is 270 g/mol. The molecule has 1 amide bonds. The summed E-state index contributed by atoms with van der Waals surface area (Å²) >= 11 is 0. The van der Waals surface area contributed by atoms with Gasteiger partial charge in [-0.25, -0.2) is 8.78 Å². The molecule has 0 aliphatic carbocycles. The van der Waals surface area contributed by atoms with Crippen LogP contribution in [0, 0.1) is 0 Å².